The first-order chi connectivity index (χ1) is 13.1. The largest absolute Gasteiger partial charge is 0.370 e. The Balaban J connectivity index is 1.33. The topological polar surface area (TPSA) is 64.4 Å². The first kappa shape index (κ1) is 17.4. The van der Waals surface area contributed by atoms with Gasteiger partial charge in [-0.1, -0.05) is 30.3 Å². The average molecular weight is 367 g/mol. The van der Waals surface area contributed by atoms with Crippen LogP contribution in [0.25, 0.3) is 10.9 Å². The van der Waals surface area contributed by atoms with E-state index in [9.17, 15) is 14.0 Å². The zero-order valence-electron chi connectivity index (χ0n) is 14.5. The molecule has 2 heterocycles. The van der Waals surface area contributed by atoms with E-state index >= 15 is 0 Å². The zero-order valence-corrected chi connectivity index (χ0v) is 14.5. The van der Waals surface area contributed by atoms with Crippen molar-refractivity contribution >= 4 is 16.8 Å². The molecule has 0 N–H and O–H groups in total. The van der Waals surface area contributed by atoms with Gasteiger partial charge >= 0.3 is 0 Å². The summed E-state index contributed by atoms with van der Waals surface area (Å²) in [5, 5.41) is 0.488. The molecule has 0 spiro atoms. The number of nitrogens with zero attached hydrogens (tertiary/aromatic N) is 3. The number of hydrogen-bond acceptors (Lipinski definition) is 4. The second-order valence-electron chi connectivity index (χ2n) is 6.52. The summed E-state index contributed by atoms with van der Waals surface area (Å²) < 4.78 is 20.5. The van der Waals surface area contributed by atoms with Crippen LogP contribution >= 0.6 is 0 Å². The predicted molar refractivity (Wildman–Crippen MR) is 97.6 cm³/mol. The van der Waals surface area contributed by atoms with E-state index in [1.54, 1.807) is 41.3 Å². The molecule has 1 fully saturated rings. The first-order valence-electron chi connectivity index (χ1n) is 8.69. The molecule has 0 atom stereocenters. The van der Waals surface area contributed by atoms with Crippen LogP contribution in [-0.2, 0) is 22.7 Å². The highest BCUT2D eigenvalue weighted by Gasteiger charge is 2.31. The molecule has 0 radical (unpaired) electrons. The number of carbonyl (C=O) groups excluding carboxylic acids is 1. The summed E-state index contributed by atoms with van der Waals surface area (Å²) in [6.45, 7) is 0.982. The van der Waals surface area contributed by atoms with Crippen molar-refractivity contribution in [2.75, 3.05) is 13.1 Å². The van der Waals surface area contributed by atoms with Crippen molar-refractivity contribution in [3.63, 3.8) is 0 Å². The van der Waals surface area contributed by atoms with E-state index in [1.165, 1.54) is 17.0 Å². The van der Waals surface area contributed by atoms with Gasteiger partial charge in [0.1, 0.15) is 12.4 Å². The zero-order chi connectivity index (χ0) is 18.8. The van der Waals surface area contributed by atoms with Crippen LogP contribution in [0.4, 0.5) is 4.39 Å². The number of para-hydroxylation sites is 1. The van der Waals surface area contributed by atoms with Gasteiger partial charge in [0.05, 0.1) is 29.9 Å². The predicted octanol–water partition coefficient (Wildman–Crippen LogP) is 1.96. The molecule has 1 aromatic heterocycles. The smallest absolute Gasteiger partial charge is 0.261 e. The Bertz CT molecular complexity index is 1040. The number of rotatable bonds is 5. The molecule has 7 heteroatoms. The van der Waals surface area contributed by atoms with Crippen molar-refractivity contribution in [2.24, 2.45) is 0 Å². The van der Waals surface area contributed by atoms with Gasteiger partial charge in [-0.2, -0.15) is 0 Å². The molecule has 27 heavy (non-hydrogen) atoms. The van der Waals surface area contributed by atoms with Crippen LogP contribution in [0.1, 0.15) is 5.56 Å². The fourth-order valence-corrected chi connectivity index (χ4v) is 3.03. The highest BCUT2D eigenvalue weighted by atomic mass is 19.1. The lowest BCUT2D eigenvalue weighted by molar-refractivity contribution is -0.146. The van der Waals surface area contributed by atoms with Gasteiger partial charge in [-0.05, 0) is 18.2 Å². The number of fused-ring (bicyclic) bond motifs is 1. The molecule has 0 bridgehead atoms. The van der Waals surface area contributed by atoms with Crippen LogP contribution in [0.5, 0.6) is 0 Å². The number of likely N-dealkylation sites (tertiary alicyclic amines) is 1. The number of halogens is 1. The number of benzene rings is 2. The van der Waals surface area contributed by atoms with Crippen LogP contribution in [0, 0.1) is 5.82 Å². The van der Waals surface area contributed by atoms with Crippen LogP contribution in [-0.4, -0.2) is 39.6 Å². The van der Waals surface area contributed by atoms with Crippen LogP contribution in [0.2, 0.25) is 0 Å². The van der Waals surface area contributed by atoms with Gasteiger partial charge in [0.2, 0.25) is 5.91 Å². The third kappa shape index (κ3) is 3.59. The van der Waals surface area contributed by atoms with Crippen molar-refractivity contribution in [2.45, 2.75) is 19.3 Å². The summed E-state index contributed by atoms with van der Waals surface area (Å²) in [5.74, 6) is -0.465. The lowest BCUT2D eigenvalue weighted by atomic mass is 10.1. The second-order valence-corrected chi connectivity index (χ2v) is 6.52. The quantitative estimate of drug-likeness (QED) is 0.692. The fraction of sp³-hybridized carbons (Fsp3) is 0.250. The number of amides is 1. The Morgan fingerprint density at radius 3 is 2.70 bits per heavy atom. The summed E-state index contributed by atoms with van der Waals surface area (Å²) in [7, 11) is 0. The van der Waals surface area contributed by atoms with E-state index in [-0.39, 0.29) is 36.5 Å². The molecule has 1 aliphatic heterocycles. The minimum Gasteiger partial charge on any atom is -0.370 e. The number of carbonyl (C=O) groups is 1. The summed E-state index contributed by atoms with van der Waals surface area (Å²) in [6.07, 6.45) is 1.27. The molecular weight excluding hydrogens is 349 g/mol. The van der Waals surface area contributed by atoms with Gasteiger partial charge < -0.3 is 9.64 Å². The number of ether oxygens (including phenoxy) is 1. The maximum Gasteiger partial charge on any atom is 0.261 e. The Morgan fingerprint density at radius 2 is 1.89 bits per heavy atom. The summed E-state index contributed by atoms with van der Waals surface area (Å²) in [5.41, 5.74) is 0.870. The Kier molecular flexibility index (Phi) is 4.68. The average Bonchev–Trinajstić information content (AvgIpc) is 2.64. The number of hydrogen-bond donors (Lipinski definition) is 0. The van der Waals surface area contributed by atoms with E-state index < -0.39 is 0 Å². The molecular formula is C20H18FN3O3. The van der Waals surface area contributed by atoms with E-state index in [2.05, 4.69) is 4.98 Å². The molecule has 0 saturated carbocycles. The van der Waals surface area contributed by atoms with Gasteiger partial charge in [0, 0.05) is 18.7 Å². The third-order valence-electron chi connectivity index (χ3n) is 4.67. The minimum absolute atomic E-state index is 0.0588. The van der Waals surface area contributed by atoms with Crippen LogP contribution in [0.15, 0.2) is 59.7 Å². The van der Waals surface area contributed by atoms with E-state index in [0.29, 0.717) is 29.6 Å². The Morgan fingerprint density at radius 1 is 1.15 bits per heavy atom. The van der Waals surface area contributed by atoms with Crippen molar-refractivity contribution in [3.8, 4) is 0 Å². The molecule has 138 valence electrons. The molecule has 0 aliphatic carbocycles. The SMILES string of the molecule is O=C(Cn1cnc2ccccc2c1=O)N1CC(OCc2ccccc2F)C1. The maximum atomic E-state index is 13.6. The minimum atomic E-state index is -0.298. The highest BCUT2D eigenvalue weighted by molar-refractivity contribution is 5.79. The normalized spacial score (nSPS) is 14.3. The summed E-state index contributed by atoms with van der Waals surface area (Å²) in [4.78, 5) is 30.7. The van der Waals surface area contributed by atoms with Gasteiger partial charge in [-0.3, -0.25) is 14.2 Å². The third-order valence-corrected chi connectivity index (χ3v) is 4.67. The van der Waals surface area contributed by atoms with Gasteiger partial charge in [0.15, 0.2) is 0 Å². The van der Waals surface area contributed by atoms with Gasteiger partial charge in [0.25, 0.3) is 5.56 Å². The molecule has 2 aromatic carbocycles. The van der Waals surface area contributed by atoms with Crippen molar-refractivity contribution in [1.82, 2.24) is 14.5 Å². The van der Waals surface area contributed by atoms with Crippen molar-refractivity contribution in [1.29, 1.82) is 0 Å². The van der Waals surface area contributed by atoms with E-state index in [1.807, 2.05) is 6.07 Å². The second kappa shape index (κ2) is 7.28. The molecule has 1 amide bonds. The lowest BCUT2D eigenvalue weighted by Crippen LogP contribution is -2.55. The summed E-state index contributed by atoms with van der Waals surface area (Å²) in [6, 6.07) is 13.5. The molecule has 6 nitrogen and oxygen atoms in total. The fourth-order valence-electron chi connectivity index (χ4n) is 3.03. The molecule has 1 aliphatic rings. The first-order valence-corrected chi connectivity index (χ1v) is 8.69. The van der Waals surface area contributed by atoms with Crippen LogP contribution < -0.4 is 5.56 Å². The van der Waals surface area contributed by atoms with Gasteiger partial charge in [-0.15, -0.1) is 0 Å². The van der Waals surface area contributed by atoms with E-state index in [0.717, 1.165) is 0 Å². The molecule has 0 unspecified atom stereocenters. The lowest BCUT2D eigenvalue weighted by Gasteiger charge is -2.39. The van der Waals surface area contributed by atoms with Crippen molar-refractivity contribution in [3.05, 3.63) is 76.6 Å². The molecule has 1 saturated heterocycles. The maximum absolute atomic E-state index is 13.6. The highest BCUT2D eigenvalue weighted by Crippen LogP contribution is 2.16. The van der Waals surface area contributed by atoms with E-state index in [4.69, 9.17) is 4.74 Å². The Hall–Kier alpha value is -3.06. The number of aromatic nitrogens is 2. The molecule has 4 rings (SSSR count). The van der Waals surface area contributed by atoms with Crippen molar-refractivity contribution < 1.29 is 13.9 Å². The van der Waals surface area contributed by atoms with Gasteiger partial charge in [-0.25, -0.2) is 9.37 Å². The standard InChI is InChI=1S/C20H18FN3O3/c21-17-7-3-1-5-14(17)12-27-15-9-23(10-15)19(25)11-24-13-22-18-8-4-2-6-16(18)20(24)26/h1-8,13,15H,9-12H2. The monoisotopic (exact) mass is 367 g/mol. The molecule has 3 aromatic rings. The van der Waals surface area contributed by atoms with Crippen LogP contribution in [0.3, 0.4) is 0 Å². The Labute approximate surface area is 154 Å². The summed E-state index contributed by atoms with van der Waals surface area (Å²) >= 11 is 0.